The number of hydrogen-bond donors (Lipinski definition) is 0. The highest BCUT2D eigenvalue weighted by atomic mass is 32.2. The van der Waals surface area contributed by atoms with Crippen molar-refractivity contribution in [1.29, 1.82) is 0 Å². The van der Waals surface area contributed by atoms with E-state index in [9.17, 15) is 17.6 Å². The third-order valence-corrected chi connectivity index (χ3v) is 6.57. The fraction of sp³-hybridized carbons (Fsp3) is 0.357. The Balaban J connectivity index is 1.72. The number of aromatic nitrogens is 2. The summed E-state index contributed by atoms with van der Waals surface area (Å²) >= 11 is 1.02. The first-order valence-corrected chi connectivity index (χ1v) is 9.45. The highest BCUT2D eigenvalue weighted by Crippen LogP contribution is 2.21. The van der Waals surface area contributed by atoms with Crippen LogP contribution in [0.4, 0.5) is 4.39 Å². The Kier molecular flexibility index (Phi) is 4.61. The summed E-state index contributed by atoms with van der Waals surface area (Å²) in [7, 11) is -3.91. The first kappa shape index (κ1) is 16.9. The molecule has 1 amide bonds. The smallest absolute Gasteiger partial charge is 0.267 e. The number of halogens is 1. The van der Waals surface area contributed by atoms with Crippen molar-refractivity contribution in [3.63, 3.8) is 0 Å². The van der Waals surface area contributed by atoms with E-state index in [-0.39, 0.29) is 37.0 Å². The SMILES string of the molecule is Cc1nnsc1C(=O)N1CCN(S(=O)(=O)c2ccccc2F)CC1. The van der Waals surface area contributed by atoms with E-state index in [0.717, 1.165) is 17.6 Å². The van der Waals surface area contributed by atoms with Gasteiger partial charge in [-0.15, -0.1) is 5.10 Å². The first-order valence-electron chi connectivity index (χ1n) is 7.24. The van der Waals surface area contributed by atoms with E-state index in [1.165, 1.54) is 22.5 Å². The number of carbonyl (C=O) groups excluding carboxylic acids is 1. The molecule has 7 nitrogen and oxygen atoms in total. The third-order valence-electron chi connectivity index (χ3n) is 3.83. The van der Waals surface area contributed by atoms with Gasteiger partial charge in [0.15, 0.2) is 0 Å². The van der Waals surface area contributed by atoms with Crippen LogP contribution in [0.25, 0.3) is 0 Å². The van der Waals surface area contributed by atoms with Gasteiger partial charge in [0.2, 0.25) is 10.0 Å². The summed E-state index contributed by atoms with van der Waals surface area (Å²) < 4.78 is 43.8. The van der Waals surface area contributed by atoms with Gasteiger partial charge in [-0.2, -0.15) is 4.31 Å². The highest BCUT2D eigenvalue weighted by Gasteiger charge is 2.32. The highest BCUT2D eigenvalue weighted by molar-refractivity contribution is 7.89. The largest absolute Gasteiger partial charge is 0.335 e. The summed E-state index contributed by atoms with van der Waals surface area (Å²) in [6.45, 7) is 2.42. The number of piperazine rings is 1. The van der Waals surface area contributed by atoms with Crippen LogP contribution in [0.1, 0.15) is 15.4 Å². The van der Waals surface area contributed by atoms with Crippen molar-refractivity contribution in [2.24, 2.45) is 0 Å². The zero-order chi connectivity index (χ0) is 17.3. The molecule has 0 spiro atoms. The minimum Gasteiger partial charge on any atom is -0.335 e. The van der Waals surface area contributed by atoms with Crippen LogP contribution in [0.15, 0.2) is 29.2 Å². The lowest BCUT2D eigenvalue weighted by atomic mass is 10.3. The maximum Gasteiger partial charge on any atom is 0.267 e. The van der Waals surface area contributed by atoms with Crippen molar-refractivity contribution >= 4 is 27.5 Å². The molecule has 0 bridgehead atoms. The molecule has 0 atom stereocenters. The molecule has 1 aliphatic rings. The Bertz CT molecular complexity index is 860. The van der Waals surface area contributed by atoms with Gasteiger partial charge in [-0.3, -0.25) is 4.79 Å². The molecule has 1 aromatic carbocycles. The van der Waals surface area contributed by atoms with Crippen LogP contribution in [-0.4, -0.2) is 59.3 Å². The van der Waals surface area contributed by atoms with Gasteiger partial charge in [-0.05, 0) is 30.6 Å². The molecule has 0 N–H and O–H groups in total. The van der Waals surface area contributed by atoms with E-state index in [4.69, 9.17) is 0 Å². The van der Waals surface area contributed by atoms with Gasteiger partial charge >= 0.3 is 0 Å². The molecule has 0 aliphatic carbocycles. The number of nitrogens with zero attached hydrogens (tertiary/aromatic N) is 4. The maximum atomic E-state index is 13.8. The van der Waals surface area contributed by atoms with E-state index in [1.54, 1.807) is 11.8 Å². The summed E-state index contributed by atoms with van der Waals surface area (Å²) in [6.07, 6.45) is 0. The number of benzene rings is 1. The maximum absolute atomic E-state index is 13.8. The molecule has 2 aromatic rings. The molecule has 2 heterocycles. The molecule has 10 heteroatoms. The predicted octanol–water partition coefficient (Wildman–Crippen LogP) is 1.13. The first-order chi connectivity index (χ1) is 11.4. The fourth-order valence-corrected chi connectivity index (χ4v) is 4.61. The van der Waals surface area contributed by atoms with Crippen molar-refractivity contribution in [2.75, 3.05) is 26.2 Å². The Morgan fingerprint density at radius 1 is 1.21 bits per heavy atom. The van der Waals surface area contributed by atoms with Crippen LogP contribution in [0.5, 0.6) is 0 Å². The normalized spacial score (nSPS) is 16.3. The van der Waals surface area contributed by atoms with Gasteiger partial charge in [-0.25, -0.2) is 12.8 Å². The molecule has 3 rings (SSSR count). The second kappa shape index (κ2) is 6.54. The van der Waals surface area contributed by atoms with E-state index in [1.807, 2.05) is 0 Å². The van der Waals surface area contributed by atoms with Gasteiger partial charge in [-0.1, -0.05) is 16.6 Å². The topological polar surface area (TPSA) is 83.5 Å². The lowest BCUT2D eigenvalue weighted by Crippen LogP contribution is -2.50. The quantitative estimate of drug-likeness (QED) is 0.809. The number of carbonyl (C=O) groups is 1. The molecule has 0 radical (unpaired) electrons. The standard InChI is InChI=1S/C14H15FN4O3S2/c1-10-13(23-17-16-10)14(20)18-6-8-19(9-7-18)24(21,22)12-5-3-2-4-11(12)15/h2-5H,6-9H2,1H3. The van der Waals surface area contributed by atoms with E-state index < -0.39 is 15.8 Å². The second-order valence-corrected chi connectivity index (χ2v) is 7.97. The van der Waals surface area contributed by atoms with Crippen molar-refractivity contribution in [2.45, 2.75) is 11.8 Å². The summed E-state index contributed by atoms with van der Waals surface area (Å²) in [5, 5.41) is 3.81. The molecule has 24 heavy (non-hydrogen) atoms. The number of amides is 1. The molecule has 1 fully saturated rings. The van der Waals surface area contributed by atoms with Crippen LogP contribution >= 0.6 is 11.5 Å². The van der Waals surface area contributed by atoms with Crippen molar-refractivity contribution in [3.05, 3.63) is 40.7 Å². The minimum absolute atomic E-state index is 0.119. The molecule has 0 unspecified atom stereocenters. The Hall–Kier alpha value is -1.91. The van der Waals surface area contributed by atoms with Crippen molar-refractivity contribution in [1.82, 2.24) is 18.8 Å². The van der Waals surface area contributed by atoms with E-state index in [2.05, 4.69) is 9.59 Å². The molecule has 0 saturated carbocycles. The zero-order valence-electron chi connectivity index (χ0n) is 12.8. The Labute approximate surface area is 142 Å². The summed E-state index contributed by atoms with van der Waals surface area (Å²) in [5.74, 6) is -0.979. The Morgan fingerprint density at radius 3 is 2.46 bits per heavy atom. The average Bonchev–Trinajstić information content (AvgIpc) is 3.00. The number of hydrogen-bond acceptors (Lipinski definition) is 6. The molecular weight excluding hydrogens is 355 g/mol. The third kappa shape index (κ3) is 3.04. The number of sulfonamides is 1. The molecule has 128 valence electrons. The van der Waals surface area contributed by atoms with Crippen LogP contribution in [-0.2, 0) is 10.0 Å². The fourth-order valence-electron chi connectivity index (χ4n) is 2.50. The number of aryl methyl sites for hydroxylation is 1. The summed E-state index contributed by atoms with van der Waals surface area (Å²) in [5.41, 5.74) is 0.561. The lowest BCUT2D eigenvalue weighted by molar-refractivity contribution is 0.0701. The monoisotopic (exact) mass is 370 g/mol. The van der Waals surface area contributed by atoms with Crippen LogP contribution in [0.3, 0.4) is 0 Å². The summed E-state index contributed by atoms with van der Waals surface area (Å²) in [4.78, 5) is 14.1. The van der Waals surface area contributed by atoms with Gasteiger partial charge in [0.05, 0.1) is 5.69 Å². The molecule has 1 aliphatic heterocycles. The van der Waals surface area contributed by atoms with Gasteiger partial charge in [0.1, 0.15) is 15.6 Å². The van der Waals surface area contributed by atoms with Crippen LogP contribution < -0.4 is 0 Å². The van der Waals surface area contributed by atoms with E-state index in [0.29, 0.717) is 10.6 Å². The van der Waals surface area contributed by atoms with Crippen LogP contribution in [0.2, 0.25) is 0 Å². The average molecular weight is 370 g/mol. The van der Waals surface area contributed by atoms with Gasteiger partial charge in [0.25, 0.3) is 5.91 Å². The zero-order valence-corrected chi connectivity index (χ0v) is 14.5. The van der Waals surface area contributed by atoms with Crippen LogP contribution in [0, 0.1) is 12.7 Å². The summed E-state index contributed by atoms with van der Waals surface area (Å²) in [6, 6.07) is 5.28. The second-order valence-electron chi connectivity index (χ2n) is 5.31. The minimum atomic E-state index is -3.91. The number of rotatable bonds is 3. The lowest BCUT2D eigenvalue weighted by Gasteiger charge is -2.33. The molecule has 1 saturated heterocycles. The molecular formula is C14H15FN4O3S2. The van der Waals surface area contributed by atoms with Gasteiger partial charge < -0.3 is 4.90 Å². The molecule has 1 aromatic heterocycles. The Morgan fingerprint density at radius 2 is 1.88 bits per heavy atom. The predicted molar refractivity (Wildman–Crippen MR) is 85.7 cm³/mol. The van der Waals surface area contributed by atoms with Crippen molar-refractivity contribution < 1.29 is 17.6 Å². The van der Waals surface area contributed by atoms with E-state index >= 15 is 0 Å². The van der Waals surface area contributed by atoms with Gasteiger partial charge in [0, 0.05) is 26.2 Å². The van der Waals surface area contributed by atoms with Crippen molar-refractivity contribution in [3.8, 4) is 0 Å².